The van der Waals surface area contributed by atoms with E-state index in [1.54, 1.807) is 13.2 Å². The van der Waals surface area contributed by atoms with Crippen molar-refractivity contribution in [2.75, 3.05) is 25.2 Å². The third kappa shape index (κ3) is 2.61. The maximum absolute atomic E-state index is 6.35. The van der Waals surface area contributed by atoms with Crippen molar-refractivity contribution in [3.05, 3.63) is 58.9 Å². The molecule has 0 aliphatic carbocycles. The summed E-state index contributed by atoms with van der Waals surface area (Å²) in [5.41, 5.74) is 1.66. The summed E-state index contributed by atoms with van der Waals surface area (Å²) in [5, 5.41) is 0.777. The summed E-state index contributed by atoms with van der Waals surface area (Å²) in [6.45, 7) is 0.832. The van der Waals surface area contributed by atoms with Gasteiger partial charge in [0.2, 0.25) is 11.5 Å². The van der Waals surface area contributed by atoms with Gasteiger partial charge in [0.25, 0.3) is 5.17 Å². The number of benzene rings is 1. The van der Waals surface area contributed by atoms with Crippen LogP contribution < -0.4 is 14.4 Å². The van der Waals surface area contributed by atoms with Crippen LogP contribution in [0.2, 0.25) is 0 Å². The summed E-state index contributed by atoms with van der Waals surface area (Å²) in [6, 6.07) is 11.6. The van der Waals surface area contributed by atoms with Crippen molar-refractivity contribution >= 4 is 34.7 Å². The molecule has 6 nitrogen and oxygen atoms in total. The van der Waals surface area contributed by atoms with Crippen molar-refractivity contribution in [3.63, 3.8) is 0 Å². The van der Waals surface area contributed by atoms with Gasteiger partial charge >= 0.3 is 0 Å². The quantitative estimate of drug-likeness (QED) is 0.707. The monoisotopic (exact) mass is 416 g/mol. The molecule has 3 aliphatic heterocycles. The van der Waals surface area contributed by atoms with E-state index in [2.05, 4.69) is 4.98 Å². The van der Waals surface area contributed by atoms with Crippen LogP contribution in [0.4, 0.5) is 5.69 Å². The first kappa shape index (κ1) is 17.6. The van der Waals surface area contributed by atoms with Gasteiger partial charge in [-0.2, -0.15) is 0 Å². The molecule has 0 amide bonds. The number of thiocarbonyl (C=S) groups is 1. The molecule has 1 aromatic heterocycles. The summed E-state index contributed by atoms with van der Waals surface area (Å²) in [4.78, 5) is 6.57. The largest absolute Gasteiger partial charge is 0.486 e. The number of methoxy groups -OCH3 is 1. The summed E-state index contributed by atoms with van der Waals surface area (Å²) >= 11 is 11.6. The van der Waals surface area contributed by atoms with Crippen LogP contribution in [0.5, 0.6) is 11.6 Å². The van der Waals surface area contributed by atoms with E-state index in [-0.39, 0.29) is 6.10 Å². The molecule has 0 bridgehead atoms. The molecule has 0 radical (unpaired) electrons. The van der Waals surface area contributed by atoms with Gasteiger partial charge in [-0.05, 0) is 42.0 Å². The highest BCUT2D eigenvalue weighted by Crippen LogP contribution is 2.50. The Balaban J connectivity index is 1.58. The molecule has 0 fully saturated rings. The lowest BCUT2D eigenvalue weighted by Gasteiger charge is -2.41. The minimum absolute atomic E-state index is 0.0820. The van der Waals surface area contributed by atoms with E-state index in [1.165, 1.54) is 0 Å². The predicted molar refractivity (Wildman–Crippen MR) is 108 cm³/mol. The fourth-order valence-electron chi connectivity index (χ4n) is 3.85. The highest BCUT2D eigenvalue weighted by molar-refractivity contribution is 7.80. The Morgan fingerprint density at radius 3 is 2.96 bits per heavy atom. The van der Waals surface area contributed by atoms with E-state index in [0.717, 1.165) is 17.7 Å². The Labute approximate surface area is 172 Å². The van der Waals surface area contributed by atoms with Crippen molar-refractivity contribution in [1.29, 1.82) is 0 Å². The van der Waals surface area contributed by atoms with E-state index in [1.807, 2.05) is 41.3 Å². The normalized spacial score (nSPS) is 24.8. The molecule has 2 atom stereocenters. The van der Waals surface area contributed by atoms with Crippen molar-refractivity contribution in [1.82, 2.24) is 4.98 Å². The second kappa shape index (κ2) is 6.53. The Bertz CT molecular complexity index is 998. The molecule has 144 valence electrons. The number of ether oxygens (including phenoxy) is 4. The van der Waals surface area contributed by atoms with E-state index in [4.69, 9.17) is 42.8 Å². The topological polar surface area (TPSA) is 53.0 Å². The first-order valence-electron chi connectivity index (χ1n) is 8.91. The fourth-order valence-corrected chi connectivity index (χ4v) is 4.38. The minimum Gasteiger partial charge on any atom is -0.486 e. The second-order valence-electron chi connectivity index (χ2n) is 6.80. The number of halogens is 1. The van der Waals surface area contributed by atoms with Gasteiger partial charge in [0.15, 0.2) is 5.22 Å². The molecule has 0 N–H and O–H groups in total. The van der Waals surface area contributed by atoms with Crippen molar-refractivity contribution < 1.29 is 18.9 Å². The number of hydrogen-bond acceptors (Lipinski definition) is 6. The molecule has 0 saturated heterocycles. The number of para-hydroxylation sites is 1. The first-order valence-corrected chi connectivity index (χ1v) is 9.70. The Morgan fingerprint density at radius 1 is 1.32 bits per heavy atom. The predicted octanol–water partition coefficient (Wildman–Crippen LogP) is 3.72. The van der Waals surface area contributed by atoms with Crippen molar-refractivity contribution in [2.45, 2.75) is 18.1 Å². The van der Waals surface area contributed by atoms with Crippen LogP contribution >= 0.6 is 23.8 Å². The molecule has 8 heteroatoms. The van der Waals surface area contributed by atoms with E-state index in [0.29, 0.717) is 40.9 Å². The average molecular weight is 417 g/mol. The van der Waals surface area contributed by atoms with Gasteiger partial charge in [-0.3, -0.25) is 4.90 Å². The molecule has 5 rings (SSSR count). The zero-order valence-electron chi connectivity index (χ0n) is 15.1. The van der Waals surface area contributed by atoms with Gasteiger partial charge in [0, 0.05) is 18.1 Å². The van der Waals surface area contributed by atoms with Crippen LogP contribution in [0.3, 0.4) is 0 Å². The van der Waals surface area contributed by atoms with Gasteiger partial charge in [-0.25, -0.2) is 4.98 Å². The molecule has 3 aliphatic rings. The zero-order chi connectivity index (χ0) is 19.3. The smallest absolute Gasteiger partial charge is 0.265 e. The van der Waals surface area contributed by atoms with Gasteiger partial charge in [0.05, 0.1) is 19.3 Å². The number of nitrogens with zero attached hydrogens (tertiary/aromatic N) is 2. The lowest BCUT2D eigenvalue weighted by atomic mass is 9.88. The SMILES string of the molecule is COc1ccc2c(n1)C1(CO2)OC(=S)N(CC2CC=C(Cl)O2)c2ccccc21. The van der Waals surface area contributed by atoms with Gasteiger partial charge < -0.3 is 18.9 Å². The lowest BCUT2D eigenvalue weighted by Crippen LogP contribution is -2.49. The van der Waals surface area contributed by atoms with Gasteiger partial charge in [-0.15, -0.1) is 0 Å². The molecule has 0 saturated carbocycles. The number of rotatable bonds is 3. The molecule has 28 heavy (non-hydrogen) atoms. The number of hydrogen-bond donors (Lipinski definition) is 0. The van der Waals surface area contributed by atoms with Crippen LogP contribution in [-0.4, -0.2) is 36.5 Å². The Morgan fingerprint density at radius 2 is 2.18 bits per heavy atom. The van der Waals surface area contributed by atoms with Crippen LogP contribution in [0.25, 0.3) is 0 Å². The zero-order valence-corrected chi connectivity index (χ0v) is 16.6. The van der Waals surface area contributed by atoms with E-state index < -0.39 is 5.60 Å². The molecule has 2 aromatic rings. The molecular weight excluding hydrogens is 400 g/mol. The minimum atomic E-state index is -0.902. The van der Waals surface area contributed by atoms with Crippen LogP contribution in [-0.2, 0) is 15.1 Å². The summed E-state index contributed by atoms with van der Waals surface area (Å²) < 4.78 is 23.2. The maximum Gasteiger partial charge on any atom is 0.265 e. The third-order valence-corrected chi connectivity index (χ3v) is 5.72. The molecular formula is C20H17ClN2O4S. The standard InChI is InChI=1S/C20H17ClN2O4S/c1-24-17-9-7-15-18(22-17)20(11-25-15)13-4-2-3-5-14(13)23(19(28)27-20)10-12-6-8-16(21)26-12/h2-5,7-9,12H,6,10-11H2,1H3. The number of anilines is 1. The van der Waals surface area contributed by atoms with E-state index in [9.17, 15) is 0 Å². The Kier molecular flexibility index (Phi) is 4.10. The highest BCUT2D eigenvalue weighted by Gasteiger charge is 2.52. The van der Waals surface area contributed by atoms with Crippen LogP contribution in [0.15, 0.2) is 47.7 Å². The van der Waals surface area contributed by atoms with Gasteiger partial charge in [0.1, 0.15) is 24.2 Å². The maximum atomic E-state index is 6.35. The van der Waals surface area contributed by atoms with Crippen LogP contribution in [0, 0.1) is 0 Å². The molecule has 1 aromatic carbocycles. The van der Waals surface area contributed by atoms with Crippen molar-refractivity contribution in [3.8, 4) is 11.6 Å². The van der Waals surface area contributed by atoms with E-state index >= 15 is 0 Å². The highest BCUT2D eigenvalue weighted by atomic mass is 35.5. The van der Waals surface area contributed by atoms with Crippen LogP contribution in [0.1, 0.15) is 17.7 Å². The van der Waals surface area contributed by atoms with Crippen molar-refractivity contribution in [2.24, 2.45) is 0 Å². The third-order valence-electron chi connectivity index (χ3n) is 5.17. The summed E-state index contributed by atoms with van der Waals surface area (Å²) in [7, 11) is 1.58. The molecule has 2 unspecified atom stereocenters. The number of pyridine rings is 1. The number of fused-ring (bicyclic) bond motifs is 4. The Hall–Kier alpha value is -2.51. The summed E-state index contributed by atoms with van der Waals surface area (Å²) in [6.07, 6.45) is 2.52. The van der Waals surface area contributed by atoms with Gasteiger partial charge in [-0.1, -0.05) is 18.2 Å². The lowest BCUT2D eigenvalue weighted by molar-refractivity contribution is 0.0608. The average Bonchev–Trinajstić information content (AvgIpc) is 3.29. The summed E-state index contributed by atoms with van der Waals surface area (Å²) in [5.74, 6) is 1.17. The molecule has 1 spiro atoms. The fraction of sp³-hybridized carbons (Fsp3) is 0.300. The number of aromatic nitrogens is 1. The molecule has 4 heterocycles. The first-order chi connectivity index (χ1) is 13.6. The second-order valence-corrected chi connectivity index (χ2v) is 7.52.